The molecular weight excluding hydrogens is 204 g/mol. The highest BCUT2D eigenvalue weighted by molar-refractivity contribution is 5.02. The lowest BCUT2D eigenvalue weighted by atomic mass is 9.79. The first-order valence-corrected chi connectivity index (χ1v) is 7.94. The van der Waals surface area contributed by atoms with Crippen molar-refractivity contribution in [3.63, 3.8) is 0 Å². The Morgan fingerprint density at radius 1 is 1.18 bits per heavy atom. The molecule has 1 rings (SSSR count). The Bertz CT molecular complexity index is 214. The van der Waals surface area contributed by atoms with Crippen molar-refractivity contribution in [2.75, 3.05) is 0 Å². The van der Waals surface area contributed by atoms with Gasteiger partial charge in [0, 0.05) is 0 Å². The summed E-state index contributed by atoms with van der Waals surface area (Å²) in [5.41, 5.74) is 1.74. The molecule has 1 aliphatic carbocycles. The summed E-state index contributed by atoms with van der Waals surface area (Å²) in [6, 6.07) is 0. The normalized spacial score (nSPS) is 26.2. The molecule has 100 valence electrons. The fourth-order valence-electron chi connectivity index (χ4n) is 3.19. The van der Waals surface area contributed by atoms with Crippen molar-refractivity contribution in [1.29, 1.82) is 0 Å². The summed E-state index contributed by atoms with van der Waals surface area (Å²) in [5, 5.41) is 0. The molecule has 0 aromatic heterocycles. The van der Waals surface area contributed by atoms with Gasteiger partial charge < -0.3 is 0 Å². The van der Waals surface area contributed by atoms with Crippen molar-refractivity contribution < 1.29 is 0 Å². The quantitative estimate of drug-likeness (QED) is 0.369. The summed E-state index contributed by atoms with van der Waals surface area (Å²) >= 11 is 0. The first-order chi connectivity index (χ1) is 8.26. The van der Waals surface area contributed by atoms with E-state index in [4.69, 9.17) is 0 Å². The van der Waals surface area contributed by atoms with Crippen LogP contribution in [0, 0.1) is 11.8 Å². The zero-order chi connectivity index (χ0) is 12.5. The third kappa shape index (κ3) is 6.29. The lowest BCUT2D eigenvalue weighted by Crippen LogP contribution is -2.13. The minimum atomic E-state index is 0.979. The van der Waals surface area contributed by atoms with Crippen LogP contribution in [-0.2, 0) is 0 Å². The highest BCUT2D eigenvalue weighted by Crippen LogP contribution is 2.33. The first-order valence-electron chi connectivity index (χ1n) is 7.94. The lowest BCUT2D eigenvalue weighted by molar-refractivity contribution is 0.280. The highest BCUT2D eigenvalue weighted by atomic mass is 14.2. The lowest BCUT2D eigenvalue weighted by Gasteiger charge is -2.27. The van der Waals surface area contributed by atoms with Gasteiger partial charge in [0.05, 0.1) is 0 Å². The molecule has 0 saturated heterocycles. The average molecular weight is 236 g/mol. The molecule has 0 aliphatic heterocycles. The molecule has 0 heteroatoms. The third-order valence-electron chi connectivity index (χ3n) is 4.29. The number of allylic oxidation sites excluding steroid dienone is 2. The summed E-state index contributed by atoms with van der Waals surface area (Å²) in [6.45, 7) is 7.05. The minimum Gasteiger partial charge on any atom is -0.0853 e. The van der Waals surface area contributed by atoms with Gasteiger partial charge in [-0.1, -0.05) is 64.5 Å². The van der Waals surface area contributed by atoms with E-state index in [9.17, 15) is 0 Å². The van der Waals surface area contributed by atoms with Crippen LogP contribution < -0.4 is 0 Å². The fourth-order valence-corrected chi connectivity index (χ4v) is 3.19. The van der Waals surface area contributed by atoms with E-state index in [0.29, 0.717) is 0 Å². The maximum Gasteiger partial charge on any atom is -0.0292 e. The minimum absolute atomic E-state index is 0.979. The van der Waals surface area contributed by atoms with Crippen LogP contribution in [0.15, 0.2) is 11.6 Å². The molecule has 2 atom stereocenters. The number of rotatable bonds is 7. The average Bonchev–Trinajstić information content (AvgIpc) is 2.33. The van der Waals surface area contributed by atoms with Crippen LogP contribution in [-0.4, -0.2) is 0 Å². The summed E-state index contributed by atoms with van der Waals surface area (Å²) in [5.74, 6) is 1.98. The summed E-state index contributed by atoms with van der Waals surface area (Å²) < 4.78 is 0. The smallest absolute Gasteiger partial charge is 0.0292 e. The maximum atomic E-state index is 2.55. The Morgan fingerprint density at radius 3 is 2.65 bits per heavy atom. The van der Waals surface area contributed by atoms with Gasteiger partial charge in [-0.05, 0) is 43.9 Å². The van der Waals surface area contributed by atoms with E-state index < -0.39 is 0 Å². The Kier molecular flexibility index (Phi) is 7.64. The molecule has 2 unspecified atom stereocenters. The van der Waals surface area contributed by atoms with E-state index in [-0.39, 0.29) is 0 Å². The number of hydrogen-bond acceptors (Lipinski definition) is 0. The molecule has 0 N–H and O–H groups in total. The van der Waals surface area contributed by atoms with Gasteiger partial charge >= 0.3 is 0 Å². The number of unbranched alkanes of at least 4 members (excludes halogenated alkanes) is 3. The molecule has 0 aromatic carbocycles. The van der Waals surface area contributed by atoms with Crippen molar-refractivity contribution in [2.24, 2.45) is 11.8 Å². The second-order valence-corrected chi connectivity index (χ2v) is 6.05. The summed E-state index contributed by atoms with van der Waals surface area (Å²) in [6.07, 6.45) is 16.6. The molecule has 17 heavy (non-hydrogen) atoms. The highest BCUT2D eigenvalue weighted by Gasteiger charge is 2.19. The second-order valence-electron chi connectivity index (χ2n) is 6.05. The molecule has 0 aromatic rings. The van der Waals surface area contributed by atoms with Crippen molar-refractivity contribution in [2.45, 2.75) is 85.0 Å². The molecule has 0 amide bonds. The molecule has 1 aliphatic rings. The van der Waals surface area contributed by atoms with Crippen LogP contribution in [0.5, 0.6) is 0 Å². The van der Waals surface area contributed by atoms with E-state index >= 15 is 0 Å². The second kappa shape index (κ2) is 8.78. The van der Waals surface area contributed by atoms with Gasteiger partial charge in [-0.15, -0.1) is 0 Å². The molecule has 0 heterocycles. The zero-order valence-electron chi connectivity index (χ0n) is 12.3. The van der Waals surface area contributed by atoms with Crippen LogP contribution >= 0.6 is 0 Å². The molecule has 1 saturated carbocycles. The SMILES string of the molecule is CCCCCC=C(CC)CC1CCCC(C)C1. The molecule has 0 nitrogen and oxygen atoms in total. The summed E-state index contributed by atoms with van der Waals surface area (Å²) in [7, 11) is 0. The predicted molar refractivity (Wildman–Crippen MR) is 78.3 cm³/mol. The summed E-state index contributed by atoms with van der Waals surface area (Å²) in [4.78, 5) is 0. The van der Waals surface area contributed by atoms with E-state index in [1.165, 1.54) is 64.2 Å². The van der Waals surface area contributed by atoms with Crippen molar-refractivity contribution in [3.05, 3.63) is 11.6 Å². The fraction of sp³-hybridized carbons (Fsp3) is 0.882. The van der Waals surface area contributed by atoms with Gasteiger partial charge in [0.15, 0.2) is 0 Å². The van der Waals surface area contributed by atoms with Gasteiger partial charge in [0.25, 0.3) is 0 Å². The largest absolute Gasteiger partial charge is 0.0853 e. The van der Waals surface area contributed by atoms with E-state index in [1.54, 1.807) is 5.57 Å². The van der Waals surface area contributed by atoms with Gasteiger partial charge in [0.1, 0.15) is 0 Å². The molecular formula is C17H32. The Hall–Kier alpha value is -0.260. The standard InChI is InChI=1S/C17H32/c1-4-6-7-8-11-16(5-2)14-17-12-9-10-15(3)13-17/h11,15,17H,4-10,12-14H2,1-3H3. The first kappa shape index (κ1) is 14.8. The molecule has 0 radical (unpaired) electrons. The monoisotopic (exact) mass is 236 g/mol. The van der Waals surface area contributed by atoms with Crippen LogP contribution in [0.25, 0.3) is 0 Å². The van der Waals surface area contributed by atoms with Gasteiger partial charge in [-0.2, -0.15) is 0 Å². The van der Waals surface area contributed by atoms with E-state index in [1.807, 2.05) is 0 Å². The van der Waals surface area contributed by atoms with Crippen molar-refractivity contribution >= 4 is 0 Å². The van der Waals surface area contributed by atoms with E-state index in [0.717, 1.165) is 11.8 Å². The maximum absolute atomic E-state index is 2.55. The zero-order valence-corrected chi connectivity index (χ0v) is 12.3. The van der Waals surface area contributed by atoms with Crippen LogP contribution in [0.1, 0.15) is 85.0 Å². The molecule has 0 spiro atoms. The van der Waals surface area contributed by atoms with Gasteiger partial charge in [-0.25, -0.2) is 0 Å². The molecule has 1 fully saturated rings. The third-order valence-corrected chi connectivity index (χ3v) is 4.29. The van der Waals surface area contributed by atoms with E-state index in [2.05, 4.69) is 26.8 Å². The Morgan fingerprint density at radius 2 is 2.00 bits per heavy atom. The van der Waals surface area contributed by atoms with Gasteiger partial charge in [-0.3, -0.25) is 0 Å². The van der Waals surface area contributed by atoms with Crippen LogP contribution in [0.2, 0.25) is 0 Å². The van der Waals surface area contributed by atoms with Crippen molar-refractivity contribution in [3.8, 4) is 0 Å². The molecule has 0 bridgehead atoms. The van der Waals surface area contributed by atoms with Crippen LogP contribution in [0.3, 0.4) is 0 Å². The van der Waals surface area contributed by atoms with Crippen molar-refractivity contribution in [1.82, 2.24) is 0 Å². The van der Waals surface area contributed by atoms with Gasteiger partial charge in [0.2, 0.25) is 0 Å². The Labute approximate surface area is 109 Å². The topological polar surface area (TPSA) is 0 Å². The number of hydrogen-bond donors (Lipinski definition) is 0. The Balaban J connectivity index is 2.29. The van der Waals surface area contributed by atoms with Crippen LogP contribution in [0.4, 0.5) is 0 Å². The predicted octanol–water partition coefficient (Wildman–Crippen LogP) is 6.12.